The average molecular weight is 290 g/mol. The first-order chi connectivity index (χ1) is 9.65. The third-order valence-electron chi connectivity index (χ3n) is 4.02. The van der Waals surface area contributed by atoms with Gasteiger partial charge in [-0.25, -0.2) is 4.39 Å². The summed E-state index contributed by atoms with van der Waals surface area (Å²) in [6, 6.07) is 10.3. The van der Waals surface area contributed by atoms with Crippen LogP contribution in [0.4, 0.5) is 4.39 Å². The molecule has 0 fully saturated rings. The first-order valence-electron chi connectivity index (χ1n) is 6.97. The van der Waals surface area contributed by atoms with E-state index in [2.05, 4.69) is 12.1 Å². The Hall–Kier alpha value is -1.38. The zero-order chi connectivity index (χ0) is 14.1. The molecular weight excluding hydrogens is 273 g/mol. The van der Waals surface area contributed by atoms with Crippen LogP contribution in [0.15, 0.2) is 36.4 Å². The van der Waals surface area contributed by atoms with Crippen molar-refractivity contribution in [2.45, 2.75) is 31.7 Å². The average Bonchev–Trinajstić information content (AvgIpc) is 2.48. The van der Waals surface area contributed by atoms with Gasteiger partial charge in [0.05, 0.1) is 6.04 Å². The normalized spacial score (nSPS) is 15.8. The van der Waals surface area contributed by atoms with Crippen molar-refractivity contribution in [1.82, 2.24) is 0 Å². The standard InChI is InChI=1S/C17H17ClFN/c18-14-7-8-16(19)15(10-14)17(20)13-6-5-11-3-1-2-4-12(11)9-13/h5-10,17H,1-4,20H2. The van der Waals surface area contributed by atoms with E-state index in [0.717, 1.165) is 18.4 Å². The van der Waals surface area contributed by atoms with E-state index in [1.807, 2.05) is 6.07 Å². The Bertz CT molecular complexity index is 639. The molecule has 104 valence electrons. The highest BCUT2D eigenvalue weighted by Crippen LogP contribution is 2.29. The molecule has 0 amide bonds. The minimum atomic E-state index is -0.471. The summed E-state index contributed by atoms with van der Waals surface area (Å²) in [6.07, 6.45) is 4.70. The smallest absolute Gasteiger partial charge is 0.128 e. The molecule has 1 nitrogen and oxygen atoms in total. The van der Waals surface area contributed by atoms with E-state index in [1.165, 1.54) is 30.0 Å². The van der Waals surface area contributed by atoms with E-state index in [0.29, 0.717) is 10.6 Å². The molecule has 0 aliphatic heterocycles. The fourth-order valence-electron chi connectivity index (χ4n) is 2.88. The summed E-state index contributed by atoms with van der Waals surface area (Å²) >= 11 is 5.94. The van der Waals surface area contributed by atoms with Crippen LogP contribution in [-0.4, -0.2) is 0 Å². The molecule has 2 N–H and O–H groups in total. The SMILES string of the molecule is NC(c1ccc2c(c1)CCCC2)c1cc(Cl)ccc1F. The third kappa shape index (κ3) is 2.58. The molecule has 0 aromatic heterocycles. The quantitative estimate of drug-likeness (QED) is 0.871. The van der Waals surface area contributed by atoms with Gasteiger partial charge in [0.15, 0.2) is 0 Å². The van der Waals surface area contributed by atoms with E-state index in [1.54, 1.807) is 12.1 Å². The van der Waals surface area contributed by atoms with Crippen molar-refractivity contribution in [3.05, 3.63) is 69.5 Å². The van der Waals surface area contributed by atoms with Gasteiger partial charge in [-0.15, -0.1) is 0 Å². The van der Waals surface area contributed by atoms with Crippen molar-refractivity contribution in [1.29, 1.82) is 0 Å². The molecule has 3 rings (SSSR count). The van der Waals surface area contributed by atoms with Crippen LogP contribution >= 0.6 is 11.6 Å². The number of nitrogens with two attached hydrogens (primary N) is 1. The van der Waals surface area contributed by atoms with Gasteiger partial charge in [0, 0.05) is 10.6 Å². The van der Waals surface area contributed by atoms with Gasteiger partial charge in [0.25, 0.3) is 0 Å². The molecule has 0 saturated carbocycles. The number of hydrogen-bond acceptors (Lipinski definition) is 1. The van der Waals surface area contributed by atoms with E-state index in [9.17, 15) is 4.39 Å². The molecule has 0 bridgehead atoms. The number of hydrogen-bond donors (Lipinski definition) is 1. The van der Waals surface area contributed by atoms with Gasteiger partial charge in [-0.1, -0.05) is 29.8 Å². The number of fused-ring (bicyclic) bond motifs is 1. The number of benzene rings is 2. The Morgan fingerprint density at radius 3 is 2.55 bits per heavy atom. The summed E-state index contributed by atoms with van der Waals surface area (Å²) < 4.78 is 13.9. The summed E-state index contributed by atoms with van der Waals surface area (Å²) in [6.45, 7) is 0. The lowest BCUT2D eigenvalue weighted by Gasteiger charge is -2.20. The van der Waals surface area contributed by atoms with Crippen LogP contribution in [0.3, 0.4) is 0 Å². The van der Waals surface area contributed by atoms with Gasteiger partial charge >= 0.3 is 0 Å². The lowest BCUT2D eigenvalue weighted by Crippen LogP contribution is -2.15. The zero-order valence-electron chi connectivity index (χ0n) is 11.2. The van der Waals surface area contributed by atoms with Crippen LogP contribution in [0.25, 0.3) is 0 Å². The summed E-state index contributed by atoms with van der Waals surface area (Å²) in [5.74, 6) is -0.306. The van der Waals surface area contributed by atoms with Gasteiger partial charge in [-0.3, -0.25) is 0 Å². The molecule has 2 aromatic carbocycles. The van der Waals surface area contributed by atoms with E-state index >= 15 is 0 Å². The van der Waals surface area contributed by atoms with Gasteiger partial charge in [-0.2, -0.15) is 0 Å². The maximum atomic E-state index is 13.9. The summed E-state index contributed by atoms with van der Waals surface area (Å²) in [7, 11) is 0. The summed E-state index contributed by atoms with van der Waals surface area (Å²) in [5, 5.41) is 0.509. The molecule has 3 heteroatoms. The largest absolute Gasteiger partial charge is 0.320 e. The number of halogens is 2. The van der Waals surface area contributed by atoms with Gasteiger partial charge in [0.2, 0.25) is 0 Å². The highest BCUT2D eigenvalue weighted by molar-refractivity contribution is 6.30. The van der Waals surface area contributed by atoms with Crippen LogP contribution < -0.4 is 5.73 Å². The van der Waals surface area contributed by atoms with Crippen molar-refractivity contribution in [3.63, 3.8) is 0 Å². The van der Waals surface area contributed by atoms with Crippen LogP contribution in [0, 0.1) is 5.82 Å². The molecule has 0 spiro atoms. The minimum Gasteiger partial charge on any atom is -0.320 e. The Balaban J connectivity index is 1.97. The van der Waals surface area contributed by atoms with Crippen molar-refractivity contribution < 1.29 is 4.39 Å². The molecular formula is C17H17ClFN. The van der Waals surface area contributed by atoms with Crippen LogP contribution in [-0.2, 0) is 12.8 Å². The fraction of sp³-hybridized carbons (Fsp3) is 0.294. The summed E-state index contributed by atoms with van der Waals surface area (Å²) in [4.78, 5) is 0. The molecule has 0 heterocycles. The maximum Gasteiger partial charge on any atom is 0.128 e. The second-order valence-electron chi connectivity index (χ2n) is 5.38. The van der Waals surface area contributed by atoms with Crippen LogP contribution in [0.1, 0.15) is 41.1 Å². The maximum absolute atomic E-state index is 13.9. The van der Waals surface area contributed by atoms with Gasteiger partial charge in [0.1, 0.15) is 5.82 Å². The molecule has 2 aromatic rings. The predicted molar refractivity (Wildman–Crippen MR) is 80.5 cm³/mol. The van der Waals surface area contributed by atoms with Crippen LogP contribution in [0.5, 0.6) is 0 Å². The lowest BCUT2D eigenvalue weighted by atomic mass is 9.88. The molecule has 0 radical (unpaired) electrons. The van der Waals surface area contributed by atoms with Crippen molar-refractivity contribution in [2.75, 3.05) is 0 Å². The highest BCUT2D eigenvalue weighted by atomic mass is 35.5. The van der Waals surface area contributed by atoms with E-state index < -0.39 is 6.04 Å². The third-order valence-corrected chi connectivity index (χ3v) is 4.26. The summed E-state index contributed by atoms with van der Waals surface area (Å²) in [5.41, 5.74) is 10.4. The van der Waals surface area contributed by atoms with Crippen molar-refractivity contribution >= 4 is 11.6 Å². The Morgan fingerprint density at radius 2 is 1.75 bits per heavy atom. The van der Waals surface area contributed by atoms with Crippen LogP contribution in [0.2, 0.25) is 5.02 Å². The van der Waals surface area contributed by atoms with E-state index in [4.69, 9.17) is 17.3 Å². The first-order valence-corrected chi connectivity index (χ1v) is 7.35. The zero-order valence-corrected chi connectivity index (χ0v) is 12.0. The monoisotopic (exact) mass is 289 g/mol. The Kier molecular flexibility index (Phi) is 3.77. The van der Waals surface area contributed by atoms with Gasteiger partial charge in [-0.05, 0) is 60.6 Å². The molecule has 1 unspecified atom stereocenters. The second-order valence-corrected chi connectivity index (χ2v) is 5.82. The second kappa shape index (κ2) is 5.55. The Morgan fingerprint density at radius 1 is 1.00 bits per heavy atom. The van der Waals surface area contributed by atoms with Gasteiger partial charge < -0.3 is 5.73 Å². The molecule has 1 aliphatic rings. The van der Waals surface area contributed by atoms with E-state index in [-0.39, 0.29) is 5.82 Å². The molecule has 1 aliphatic carbocycles. The lowest BCUT2D eigenvalue weighted by molar-refractivity contribution is 0.599. The minimum absolute atomic E-state index is 0.306. The van der Waals surface area contributed by atoms with Crippen molar-refractivity contribution in [3.8, 4) is 0 Å². The topological polar surface area (TPSA) is 26.0 Å². The number of aryl methyl sites for hydroxylation is 2. The molecule has 20 heavy (non-hydrogen) atoms. The molecule has 0 saturated heterocycles. The highest BCUT2D eigenvalue weighted by Gasteiger charge is 2.17. The Labute approximate surface area is 123 Å². The predicted octanol–water partition coefficient (Wildman–Crippen LogP) is 4.41. The molecule has 1 atom stereocenters. The van der Waals surface area contributed by atoms with Crippen molar-refractivity contribution in [2.24, 2.45) is 5.73 Å². The first kappa shape index (κ1) is 13.6. The fourth-order valence-corrected chi connectivity index (χ4v) is 3.06. The number of rotatable bonds is 2.